The number of anilines is 1. The number of oxazole rings is 1. The Morgan fingerprint density at radius 3 is 2.95 bits per heavy atom. The summed E-state index contributed by atoms with van der Waals surface area (Å²) in [5.74, 6) is 0.222. The van der Waals surface area contributed by atoms with Gasteiger partial charge in [0, 0.05) is 13.2 Å². The maximum Gasteiger partial charge on any atom is 0.421 e. The summed E-state index contributed by atoms with van der Waals surface area (Å²) < 4.78 is 6.53. The van der Waals surface area contributed by atoms with Crippen molar-refractivity contribution >= 4 is 17.0 Å². The molecule has 0 radical (unpaired) electrons. The highest BCUT2D eigenvalue weighted by Crippen LogP contribution is 2.10. The molecule has 1 N–H and O–H groups in total. The summed E-state index contributed by atoms with van der Waals surface area (Å²) in [7, 11) is 1.77. The number of nitrogens with one attached hydrogen (secondary N) is 1. The molecule has 7 heteroatoms. The second-order valence-corrected chi connectivity index (χ2v) is 3.92. The Kier molecular flexibility index (Phi) is 2.71. The van der Waals surface area contributed by atoms with Crippen LogP contribution in [0.25, 0.3) is 11.2 Å². The van der Waals surface area contributed by atoms with E-state index in [0.717, 1.165) is 0 Å². The number of fused-ring (bicyclic) bond motifs is 1. The standard InChI is InChI=1S/C12H11N5O2/c1-13-10-6-15-8(5-16-10)7-17-11-9(19-12(17)18)3-2-4-14-11/h2-6H,7H2,1H3,(H,13,16). The molecule has 3 heterocycles. The summed E-state index contributed by atoms with van der Waals surface area (Å²) in [5.41, 5.74) is 1.63. The molecule has 0 fully saturated rings. The predicted molar refractivity (Wildman–Crippen MR) is 68.9 cm³/mol. The van der Waals surface area contributed by atoms with Crippen molar-refractivity contribution in [3.05, 3.63) is 47.0 Å². The van der Waals surface area contributed by atoms with Crippen molar-refractivity contribution in [1.82, 2.24) is 19.5 Å². The highest BCUT2D eigenvalue weighted by Gasteiger charge is 2.10. The molecule has 3 aromatic heterocycles. The van der Waals surface area contributed by atoms with Gasteiger partial charge in [0.05, 0.1) is 24.6 Å². The lowest BCUT2D eigenvalue weighted by atomic mass is 10.4. The zero-order valence-corrected chi connectivity index (χ0v) is 10.2. The maximum atomic E-state index is 11.8. The van der Waals surface area contributed by atoms with Gasteiger partial charge >= 0.3 is 5.76 Å². The molecule has 3 rings (SSSR count). The van der Waals surface area contributed by atoms with Gasteiger partial charge in [-0.15, -0.1) is 0 Å². The molecule has 0 atom stereocenters. The van der Waals surface area contributed by atoms with Crippen molar-refractivity contribution in [3.63, 3.8) is 0 Å². The molecule has 3 aromatic rings. The Bertz CT molecular complexity index is 760. The second-order valence-electron chi connectivity index (χ2n) is 3.92. The first kappa shape index (κ1) is 11.4. The van der Waals surface area contributed by atoms with E-state index >= 15 is 0 Å². The minimum absolute atomic E-state index is 0.278. The van der Waals surface area contributed by atoms with Crippen molar-refractivity contribution in [2.45, 2.75) is 6.54 Å². The lowest BCUT2D eigenvalue weighted by Crippen LogP contribution is -2.16. The molecule has 0 aliphatic rings. The van der Waals surface area contributed by atoms with E-state index in [-0.39, 0.29) is 6.54 Å². The number of hydrogen-bond acceptors (Lipinski definition) is 6. The zero-order valence-electron chi connectivity index (χ0n) is 10.2. The zero-order chi connectivity index (χ0) is 13.2. The molecule has 0 aliphatic heterocycles. The molecule has 7 nitrogen and oxygen atoms in total. The van der Waals surface area contributed by atoms with Gasteiger partial charge in [-0.2, -0.15) is 0 Å². The van der Waals surface area contributed by atoms with E-state index in [1.54, 1.807) is 37.8 Å². The van der Waals surface area contributed by atoms with Crippen LogP contribution in [0.5, 0.6) is 0 Å². The third-order valence-electron chi connectivity index (χ3n) is 2.71. The van der Waals surface area contributed by atoms with E-state index in [0.29, 0.717) is 22.7 Å². The van der Waals surface area contributed by atoms with Crippen molar-refractivity contribution < 1.29 is 4.42 Å². The summed E-state index contributed by atoms with van der Waals surface area (Å²) in [6.45, 7) is 0.278. The normalized spacial score (nSPS) is 10.8. The third-order valence-corrected chi connectivity index (χ3v) is 2.71. The largest absolute Gasteiger partial charge is 0.421 e. The fraction of sp³-hybridized carbons (Fsp3) is 0.167. The van der Waals surface area contributed by atoms with E-state index in [2.05, 4.69) is 20.3 Å². The first-order valence-corrected chi connectivity index (χ1v) is 5.71. The number of nitrogens with zero attached hydrogens (tertiary/aromatic N) is 4. The summed E-state index contributed by atoms with van der Waals surface area (Å²) in [6.07, 6.45) is 4.83. The number of aromatic nitrogens is 4. The highest BCUT2D eigenvalue weighted by atomic mass is 16.4. The van der Waals surface area contributed by atoms with Gasteiger partial charge in [-0.05, 0) is 12.1 Å². The summed E-state index contributed by atoms with van der Waals surface area (Å²) >= 11 is 0. The van der Waals surface area contributed by atoms with E-state index in [1.165, 1.54) is 4.57 Å². The third kappa shape index (κ3) is 2.05. The van der Waals surface area contributed by atoms with Gasteiger partial charge in [0.25, 0.3) is 0 Å². The van der Waals surface area contributed by atoms with E-state index in [1.807, 2.05) is 0 Å². The summed E-state index contributed by atoms with van der Waals surface area (Å²) in [6, 6.07) is 3.42. The van der Waals surface area contributed by atoms with Gasteiger partial charge in [0.1, 0.15) is 5.82 Å². The van der Waals surface area contributed by atoms with Gasteiger partial charge < -0.3 is 9.73 Å². The van der Waals surface area contributed by atoms with Crippen LogP contribution in [0.2, 0.25) is 0 Å². The molecule has 0 unspecified atom stereocenters. The lowest BCUT2D eigenvalue weighted by Gasteiger charge is -2.02. The van der Waals surface area contributed by atoms with Crippen LogP contribution in [0.1, 0.15) is 5.69 Å². The highest BCUT2D eigenvalue weighted by molar-refractivity contribution is 5.67. The Morgan fingerprint density at radius 2 is 2.21 bits per heavy atom. The van der Waals surface area contributed by atoms with Crippen molar-refractivity contribution in [3.8, 4) is 0 Å². The van der Waals surface area contributed by atoms with Crippen LogP contribution in [0.15, 0.2) is 39.9 Å². The van der Waals surface area contributed by atoms with Crippen LogP contribution in [0, 0.1) is 0 Å². The monoisotopic (exact) mass is 257 g/mol. The predicted octanol–water partition coefficient (Wildman–Crippen LogP) is 0.869. The molecule has 0 saturated carbocycles. The Labute approximate surface area is 107 Å². The van der Waals surface area contributed by atoms with Crippen LogP contribution < -0.4 is 11.1 Å². The SMILES string of the molecule is CNc1cnc(Cn2c(=O)oc3cccnc32)cn1. The molecule has 0 bridgehead atoms. The molecule has 96 valence electrons. The second kappa shape index (κ2) is 4.52. The molecule has 0 saturated heterocycles. The Hall–Kier alpha value is -2.70. The first-order valence-electron chi connectivity index (χ1n) is 5.71. The van der Waals surface area contributed by atoms with Crippen LogP contribution in [0.3, 0.4) is 0 Å². The van der Waals surface area contributed by atoms with Gasteiger partial charge in [-0.1, -0.05) is 0 Å². The van der Waals surface area contributed by atoms with Crippen molar-refractivity contribution in [1.29, 1.82) is 0 Å². The average Bonchev–Trinajstić information content (AvgIpc) is 2.76. The number of hydrogen-bond donors (Lipinski definition) is 1. The quantitative estimate of drug-likeness (QED) is 0.749. The Balaban J connectivity index is 2.00. The minimum Gasteiger partial charge on any atom is -0.406 e. The summed E-state index contributed by atoms with van der Waals surface area (Å²) in [5, 5.41) is 2.88. The van der Waals surface area contributed by atoms with Gasteiger partial charge in [0.2, 0.25) is 0 Å². The van der Waals surface area contributed by atoms with E-state index in [9.17, 15) is 4.79 Å². The number of rotatable bonds is 3. The topological polar surface area (TPSA) is 85.8 Å². The molecule has 0 spiro atoms. The van der Waals surface area contributed by atoms with Gasteiger partial charge in [0.15, 0.2) is 11.2 Å². The molecule has 0 amide bonds. The minimum atomic E-state index is -0.451. The van der Waals surface area contributed by atoms with Gasteiger partial charge in [-0.3, -0.25) is 9.55 Å². The number of pyridine rings is 1. The Morgan fingerprint density at radius 1 is 1.32 bits per heavy atom. The van der Waals surface area contributed by atoms with Crippen LogP contribution in [0.4, 0.5) is 5.82 Å². The smallest absolute Gasteiger partial charge is 0.406 e. The van der Waals surface area contributed by atoms with E-state index < -0.39 is 5.76 Å². The van der Waals surface area contributed by atoms with Crippen LogP contribution in [-0.4, -0.2) is 26.6 Å². The molecule has 19 heavy (non-hydrogen) atoms. The molecule has 0 aromatic carbocycles. The lowest BCUT2D eigenvalue weighted by molar-refractivity contribution is 0.515. The van der Waals surface area contributed by atoms with Crippen LogP contribution in [-0.2, 0) is 6.54 Å². The van der Waals surface area contributed by atoms with Crippen LogP contribution >= 0.6 is 0 Å². The summed E-state index contributed by atoms with van der Waals surface area (Å²) in [4.78, 5) is 24.3. The van der Waals surface area contributed by atoms with Gasteiger partial charge in [-0.25, -0.2) is 14.8 Å². The fourth-order valence-electron chi connectivity index (χ4n) is 1.77. The van der Waals surface area contributed by atoms with Crippen molar-refractivity contribution in [2.24, 2.45) is 0 Å². The van der Waals surface area contributed by atoms with E-state index in [4.69, 9.17) is 4.42 Å². The molecular weight excluding hydrogens is 246 g/mol. The first-order chi connectivity index (χ1) is 9.28. The molecule has 0 aliphatic carbocycles. The van der Waals surface area contributed by atoms with Crippen molar-refractivity contribution in [2.75, 3.05) is 12.4 Å². The molecular formula is C12H11N5O2. The maximum absolute atomic E-state index is 11.8. The fourth-order valence-corrected chi connectivity index (χ4v) is 1.77. The average molecular weight is 257 g/mol.